The molecule has 23 heavy (non-hydrogen) atoms. The highest BCUT2D eigenvalue weighted by atomic mass is 16.5. The molecule has 0 atom stereocenters. The van der Waals surface area contributed by atoms with Gasteiger partial charge in [0.25, 0.3) is 0 Å². The quantitative estimate of drug-likeness (QED) is 0.908. The molecule has 2 N–H and O–H groups in total. The molecule has 1 fully saturated rings. The van der Waals surface area contributed by atoms with Gasteiger partial charge in [-0.05, 0) is 67.7 Å². The van der Waals surface area contributed by atoms with Crippen molar-refractivity contribution in [1.29, 1.82) is 0 Å². The van der Waals surface area contributed by atoms with E-state index in [1.165, 1.54) is 11.1 Å². The van der Waals surface area contributed by atoms with Crippen molar-refractivity contribution in [3.8, 4) is 11.5 Å². The van der Waals surface area contributed by atoms with Gasteiger partial charge in [-0.2, -0.15) is 0 Å². The lowest BCUT2D eigenvalue weighted by Crippen LogP contribution is -2.39. The van der Waals surface area contributed by atoms with Crippen LogP contribution < -0.4 is 10.5 Å². The Balaban J connectivity index is 1.56. The maximum Gasteiger partial charge on any atom is 0.127 e. The summed E-state index contributed by atoms with van der Waals surface area (Å²) in [4.78, 5) is 2.47. The zero-order valence-corrected chi connectivity index (χ0v) is 13.9. The second-order valence-electron chi connectivity index (χ2n) is 6.36. The van der Waals surface area contributed by atoms with Crippen molar-refractivity contribution in [2.24, 2.45) is 5.73 Å². The van der Waals surface area contributed by atoms with Crippen molar-refractivity contribution in [3.63, 3.8) is 0 Å². The summed E-state index contributed by atoms with van der Waals surface area (Å²) in [6, 6.07) is 17.1. The fraction of sp³-hybridized carbons (Fsp3) is 0.400. The van der Waals surface area contributed by atoms with Crippen LogP contribution in [0.4, 0.5) is 0 Å². The molecule has 0 aromatic heterocycles. The smallest absolute Gasteiger partial charge is 0.127 e. The van der Waals surface area contributed by atoms with Crippen LogP contribution in [-0.4, -0.2) is 24.0 Å². The minimum atomic E-state index is 0.390. The number of hydrogen-bond acceptors (Lipinski definition) is 3. The number of nitrogens with two attached hydrogens (primary N) is 1. The zero-order valence-electron chi connectivity index (χ0n) is 13.9. The molecule has 0 aliphatic carbocycles. The predicted molar refractivity (Wildman–Crippen MR) is 94.8 cm³/mol. The lowest BCUT2D eigenvalue weighted by molar-refractivity contribution is 0.205. The van der Waals surface area contributed by atoms with Crippen LogP contribution >= 0.6 is 0 Å². The van der Waals surface area contributed by atoms with Crippen LogP contribution in [0.2, 0.25) is 0 Å². The summed E-state index contributed by atoms with van der Waals surface area (Å²) in [7, 11) is 0. The number of piperidine rings is 1. The van der Waals surface area contributed by atoms with Gasteiger partial charge in [0, 0.05) is 12.6 Å². The lowest BCUT2D eigenvalue weighted by atomic mass is 10.1. The third-order valence-corrected chi connectivity index (χ3v) is 4.53. The van der Waals surface area contributed by atoms with Crippen molar-refractivity contribution in [2.45, 2.75) is 38.8 Å². The molecule has 2 aromatic rings. The van der Waals surface area contributed by atoms with Crippen LogP contribution in [0.3, 0.4) is 0 Å². The molecule has 0 unspecified atom stereocenters. The average molecular weight is 310 g/mol. The normalized spacial score (nSPS) is 16.4. The van der Waals surface area contributed by atoms with Crippen LogP contribution in [0.1, 0.15) is 30.9 Å². The molecule has 1 saturated heterocycles. The van der Waals surface area contributed by atoms with Gasteiger partial charge in [-0.25, -0.2) is 0 Å². The molecular weight excluding hydrogens is 284 g/mol. The molecule has 0 saturated carbocycles. The Bertz CT molecular complexity index is 599. The Hall–Kier alpha value is -1.84. The van der Waals surface area contributed by atoms with E-state index in [2.05, 4.69) is 48.2 Å². The van der Waals surface area contributed by atoms with E-state index in [-0.39, 0.29) is 0 Å². The van der Waals surface area contributed by atoms with Gasteiger partial charge < -0.3 is 10.5 Å². The summed E-state index contributed by atoms with van der Waals surface area (Å²) in [5.74, 6) is 1.78. The maximum atomic E-state index is 5.96. The molecule has 122 valence electrons. The number of likely N-dealkylation sites (tertiary alicyclic amines) is 1. The maximum absolute atomic E-state index is 5.96. The van der Waals surface area contributed by atoms with Gasteiger partial charge in [0.05, 0.1) is 0 Å². The zero-order chi connectivity index (χ0) is 16.1. The minimum absolute atomic E-state index is 0.390. The number of ether oxygens (including phenoxy) is 1. The van der Waals surface area contributed by atoms with Crippen LogP contribution in [0.15, 0.2) is 48.5 Å². The Morgan fingerprint density at radius 2 is 1.43 bits per heavy atom. The third-order valence-electron chi connectivity index (χ3n) is 4.53. The van der Waals surface area contributed by atoms with Crippen molar-refractivity contribution >= 4 is 0 Å². The van der Waals surface area contributed by atoms with Crippen LogP contribution in [-0.2, 0) is 13.0 Å². The van der Waals surface area contributed by atoms with E-state index in [1.807, 2.05) is 12.1 Å². The Labute approximate surface area is 139 Å². The molecule has 0 spiro atoms. The summed E-state index contributed by atoms with van der Waals surface area (Å²) in [6.45, 7) is 5.36. The molecule has 2 aromatic carbocycles. The van der Waals surface area contributed by atoms with Crippen molar-refractivity contribution in [2.75, 3.05) is 13.1 Å². The van der Waals surface area contributed by atoms with E-state index >= 15 is 0 Å². The van der Waals surface area contributed by atoms with Gasteiger partial charge in [-0.3, -0.25) is 4.90 Å². The first-order valence-electron chi connectivity index (χ1n) is 8.56. The van der Waals surface area contributed by atoms with Gasteiger partial charge in [0.2, 0.25) is 0 Å². The van der Waals surface area contributed by atoms with E-state index < -0.39 is 0 Å². The molecule has 1 heterocycles. The van der Waals surface area contributed by atoms with Crippen LogP contribution in [0.5, 0.6) is 11.5 Å². The fourth-order valence-corrected chi connectivity index (χ4v) is 2.96. The van der Waals surface area contributed by atoms with Crippen molar-refractivity contribution < 1.29 is 4.74 Å². The molecule has 0 amide bonds. The van der Waals surface area contributed by atoms with Crippen LogP contribution in [0.25, 0.3) is 0 Å². The highest BCUT2D eigenvalue weighted by Crippen LogP contribution is 2.23. The molecule has 3 rings (SSSR count). The van der Waals surface area contributed by atoms with Gasteiger partial charge in [-0.15, -0.1) is 0 Å². The molecule has 1 aliphatic heterocycles. The van der Waals surface area contributed by atoms with Gasteiger partial charge in [0.1, 0.15) is 11.5 Å². The monoisotopic (exact) mass is 310 g/mol. The molecule has 0 bridgehead atoms. The average Bonchev–Trinajstić information content (AvgIpc) is 2.59. The Kier molecular flexibility index (Phi) is 5.31. The van der Waals surface area contributed by atoms with E-state index in [0.29, 0.717) is 6.04 Å². The molecular formula is C20H26N2O. The molecule has 0 radical (unpaired) electrons. The summed E-state index contributed by atoms with van der Waals surface area (Å²) >= 11 is 0. The number of benzene rings is 2. The van der Waals surface area contributed by atoms with E-state index in [9.17, 15) is 0 Å². The largest absolute Gasteiger partial charge is 0.457 e. The highest BCUT2D eigenvalue weighted by Gasteiger charge is 2.15. The van der Waals surface area contributed by atoms with E-state index in [0.717, 1.165) is 50.4 Å². The van der Waals surface area contributed by atoms with E-state index in [4.69, 9.17) is 10.5 Å². The van der Waals surface area contributed by atoms with Gasteiger partial charge in [-0.1, -0.05) is 31.2 Å². The SMILES string of the molecule is CCc1ccc(Oc2ccc(CN3CCC(N)CC3)cc2)cc1. The second-order valence-corrected chi connectivity index (χ2v) is 6.36. The third kappa shape index (κ3) is 4.57. The second kappa shape index (κ2) is 7.62. The van der Waals surface area contributed by atoms with E-state index in [1.54, 1.807) is 0 Å². The van der Waals surface area contributed by atoms with Crippen LogP contribution in [0, 0.1) is 0 Å². The fourth-order valence-electron chi connectivity index (χ4n) is 2.96. The molecule has 1 aliphatic rings. The standard InChI is InChI=1S/C20H26N2O/c1-2-16-3-7-19(8-4-16)23-20-9-5-17(6-10-20)15-22-13-11-18(21)12-14-22/h3-10,18H,2,11-15,21H2,1H3. The Morgan fingerprint density at radius 1 is 0.913 bits per heavy atom. The molecule has 3 heteroatoms. The first-order chi connectivity index (χ1) is 11.2. The van der Waals surface area contributed by atoms with Gasteiger partial charge >= 0.3 is 0 Å². The summed E-state index contributed by atoms with van der Waals surface area (Å²) in [5, 5.41) is 0. The highest BCUT2D eigenvalue weighted by molar-refractivity contribution is 5.34. The number of hydrogen-bond donors (Lipinski definition) is 1. The van der Waals surface area contributed by atoms with Crippen molar-refractivity contribution in [1.82, 2.24) is 4.90 Å². The summed E-state index contributed by atoms with van der Waals surface area (Å²) < 4.78 is 5.91. The van der Waals surface area contributed by atoms with Gasteiger partial charge in [0.15, 0.2) is 0 Å². The number of nitrogens with zero attached hydrogens (tertiary/aromatic N) is 1. The van der Waals surface area contributed by atoms with Crippen molar-refractivity contribution in [3.05, 3.63) is 59.7 Å². The summed E-state index contributed by atoms with van der Waals surface area (Å²) in [5.41, 5.74) is 8.61. The number of aryl methyl sites for hydroxylation is 1. The Morgan fingerprint density at radius 3 is 1.96 bits per heavy atom. The summed E-state index contributed by atoms with van der Waals surface area (Å²) in [6.07, 6.45) is 3.26. The number of rotatable bonds is 5. The topological polar surface area (TPSA) is 38.5 Å². The minimum Gasteiger partial charge on any atom is -0.457 e. The lowest BCUT2D eigenvalue weighted by Gasteiger charge is -2.30. The first kappa shape index (κ1) is 16.0. The molecule has 3 nitrogen and oxygen atoms in total. The predicted octanol–water partition coefficient (Wildman–Crippen LogP) is 3.96. The first-order valence-corrected chi connectivity index (χ1v) is 8.56.